The van der Waals surface area contributed by atoms with Crippen LogP contribution >= 0.6 is 11.6 Å². The number of nitrogens with two attached hydrogens (primary N) is 1. The van der Waals surface area contributed by atoms with E-state index in [0.29, 0.717) is 21.8 Å². The molecule has 2 amide bonds. The largest absolute Gasteiger partial charge is 0.506 e. The van der Waals surface area contributed by atoms with E-state index < -0.39 is 6.03 Å². The van der Waals surface area contributed by atoms with Gasteiger partial charge in [-0.05, 0) is 30.3 Å². The van der Waals surface area contributed by atoms with Crippen LogP contribution in [-0.2, 0) is 0 Å². The van der Waals surface area contributed by atoms with Crippen molar-refractivity contribution < 1.29 is 14.7 Å². The molecule has 0 aliphatic carbocycles. The first-order valence-electron chi connectivity index (χ1n) is 7.75. The number of carbonyl (C=O) groups is 2. The minimum Gasteiger partial charge on any atom is -0.506 e. The average molecular weight is 367 g/mol. The second-order valence-electron chi connectivity index (χ2n) is 5.55. The second kappa shape index (κ2) is 7.29. The third kappa shape index (κ3) is 3.53. The van der Waals surface area contributed by atoms with Crippen molar-refractivity contribution in [3.63, 3.8) is 0 Å². The highest BCUT2D eigenvalue weighted by atomic mass is 35.5. The molecule has 3 aromatic carbocycles. The van der Waals surface area contributed by atoms with E-state index >= 15 is 0 Å². The zero-order valence-electron chi connectivity index (χ0n) is 13.6. The molecule has 0 heterocycles. The number of primary amides is 1. The Bertz CT molecular complexity index is 974. The summed E-state index contributed by atoms with van der Waals surface area (Å²) in [6, 6.07) is 18.7. The van der Waals surface area contributed by atoms with Gasteiger partial charge in [-0.3, -0.25) is 9.69 Å². The number of carbonyl (C=O) groups excluding carboxylic acids is 2. The molecule has 0 bridgehead atoms. The topological polar surface area (TPSA) is 83.6 Å². The first-order valence-corrected chi connectivity index (χ1v) is 8.13. The van der Waals surface area contributed by atoms with Gasteiger partial charge in [-0.1, -0.05) is 54.1 Å². The summed E-state index contributed by atoms with van der Waals surface area (Å²) in [5, 5.41) is 10.4. The molecule has 5 nitrogen and oxygen atoms in total. The highest BCUT2D eigenvalue weighted by Crippen LogP contribution is 2.35. The van der Waals surface area contributed by atoms with Crippen molar-refractivity contribution in [3.8, 4) is 5.75 Å². The summed E-state index contributed by atoms with van der Waals surface area (Å²) < 4.78 is 0. The molecule has 0 radical (unpaired) electrons. The van der Waals surface area contributed by atoms with Gasteiger partial charge in [0.15, 0.2) is 5.78 Å². The Kier molecular flexibility index (Phi) is 4.91. The molecule has 130 valence electrons. The summed E-state index contributed by atoms with van der Waals surface area (Å²) in [5.41, 5.74) is 6.90. The number of anilines is 2. The number of halogens is 1. The van der Waals surface area contributed by atoms with Crippen molar-refractivity contribution in [2.24, 2.45) is 5.73 Å². The Hall–Kier alpha value is -3.31. The van der Waals surface area contributed by atoms with Crippen LogP contribution in [0.1, 0.15) is 15.9 Å². The molecule has 0 saturated carbocycles. The van der Waals surface area contributed by atoms with Crippen LogP contribution < -0.4 is 10.6 Å². The van der Waals surface area contributed by atoms with Crippen LogP contribution in [0.2, 0.25) is 5.02 Å². The van der Waals surface area contributed by atoms with Crippen LogP contribution in [0.3, 0.4) is 0 Å². The summed E-state index contributed by atoms with van der Waals surface area (Å²) in [6.45, 7) is 0. The molecule has 6 heteroatoms. The molecule has 3 aromatic rings. The van der Waals surface area contributed by atoms with Crippen molar-refractivity contribution in [3.05, 3.63) is 88.9 Å². The van der Waals surface area contributed by atoms with E-state index in [1.807, 2.05) is 6.07 Å². The fourth-order valence-electron chi connectivity index (χ4n) is 2.60. The average Bonchev–Trinajstić information content (AvgIpc) is 2.65. The molecule has 0 atom stereocenters. The van der Waals surface area contributed by atoms with Gasteiger partial charge in [-0.25, -0.2) is 4.79 Å². The zero-order valence-corrected chi connectivity index (χ0v) is 14.4. The predicted molar refractivity (Wildman–Crippen MR) is 101 cm³/mol. The number of amides is 2. The molecular weight excluding hydrogens is 352 g/mol. The standard InChI is InChI=1S/C20H15ClN2O3/c21-15-9-10-18(24)17(12-15)23(20(22)26)16-8-4-7-14(11-16)19(25)13-5-2-1-3-6-13/h1-12,24H,(H2,22,26). The van der Waals surface area contributed by atoms with Crippen molar-refractivity contribution >= 4 is 34.8 Å². The van der Waals surface area contributed by atoms with Crippen molar-refractivity contribution in [1.82, 2.24) is 0 Å². The Morgan fingerprint density at radius 1 is 0.885 bits per heavy atom. The normalized spacial score (nSPS) is 10.3. The third-order valence-corrected chi connectivity index (χ3v) is 4.04. The molecule has 3 rings (SSSR count). The molecule has 0 aromatic heterocycles. The van der Waals surface area contributed by atoms with E-state index in [4.69, 9.17) is 17.3 Å². The number of nitrogens with zero attached hydrogens (tertiary/aromatic N) is 1. The summed E-state index contributed by atoms with van der Waals surface area (Å²) in [6.07, 6.45) is 0. The lowest BCUT2D eigenvalue weighted by Gasteiger charge is -2.22. The fourth-order valence-corrected chi connectivity index (χ4v) is 2.77. The van der Waals surface area contributed by atoms with Gasteiger partial charge in [0.05, 0.1) is 11.4 Å². The van der Waals surface area contributed by atoms with Crippen LogP contribution in [0.25, 0.3) is 0 Å². The number of benzene rings is 3. The van der Waals surface area contributed by atoms with E-state index in [9.17, 15) is 14.7 Å². The van der Waals surface area contributed by atoms with Crippen LogP contribution in [0, 0.1) is 0 Å². The van der Waals surface area contributed by atoms with Gasteiger partial charge in [0.2, 0.25) is 0 Å². The minimum atomic E-state index is -0.813. The first-order chi connectivity index (χ1) is 12.5. The Morgan fingerprint density at radius 3 is 2.27 bits per heavy atom. The quantitative estimate of drug-likeness (QED) is 0.667. The van der Waals surface area contributed by atoms with Gasteiger partial charge in [0.1, 0.15) is 5.75 Å². The van der Waals surface area contributed by atoms with Crippen molar-refractivity contribution in [1.29, 1.82) is 0 Å². The number of urea groups is 1. The monoisotopic (exact) mass is 366 g/mol. The predicted octanol–water partition coefficient (Wildman–Crippen LogP) is 4.49. The molecule has 0 fully saturated rings. The molecule has 3 N–H and O–H groups in total. The lowest BCUT2D eigenvalue weighted by molar-refractivity contribution is 0.103. The highest BCUT2D eigenvalue weighted by Gasteiger charge is 2.20. The van der Waals surface area contributed by atoms with Crippen molar-refractivity contribution in [2.75, 3.05) is 4.90 Å². The lowest BCUT2D eigenvalue weighted by atomic mass is 10.0. The molecular formula is C20H15ClN2O3. The molecule has 0 aliphatic heterocycles. The van der Waals surface area contributed by atoms with Gasteiger partial charge in [-0.15, -0.1) is 0 Å². The number of ketones is 1. The summed E-state index contributed by atoms with van der Waals surface area (Å²) in [5.74, 6) is -0.347. The lowest BCUT2D eigenvalue weighted by Crippen LogP contribution is -2.31. The molecule has 26 heavy (non-hydrogen) atoms. The Morgan fingerprint density at radius 2 is 1.58 bits per heavy atom. The number of aromatic hydroxyl groups is 1. The van der Waals surface area contributed by atoms with E-state index in [2.05, 4.69) is 0 Å². The zero-order chi connectivity index (χ0) is 18.7. The smallest absolute Gasteiger partial charge is 0.324 e. The van der Waals surface area contributed by atoms with Crippen LogP contribution in [0.5, 0.6) is 5.75 Å². The number of rotatable bonds is 4. The Labute approximate surface area is 155 Å². The van der Waals surface area contributed by atoms with Crippen LogP contribution in [0.4, 0.5) is 16.2 Å². The maximum absolute atomic E-state index is 12.6. The highest BCUT2D eigenvalue weighted by molar-refractivity contribution is 6.31. The molecule has 0 unspecified atom stereocenters. The summed E-state index contributed by atoms with van der Waals surface area (Å²) in [4.78, 5) is 25.8. The SMILES string of the molecule is NC(=O)N(c1cccc(C(=O)c2ccccc2)c1)c1cc(Cl)ccc1O. The summed E-state index contributed by atoms with van der Waals surface area (Å²) >= 11 is 5.97. The molecule has 0 spiro atoms. The molecule has 0 aliphatic rings. The Balaban J connectivity index is 2.06. The van der Waals surface area contributed by atoms with Crippen molar-refractivity contribution in [2.45, 2.75) is 0 Å². The minimum absolute atomic E-state index is 0.134. The fraction of sp³-hybridized carbons (Fsp3) is 0. The number of phenols is 1. The molecule has 0 saturated heterocycles. The maximum atomic E-state index is 12.6. The van der Waals surface area contributed by atoms with Gasteiger partial charge in [0.25, 0.3) is 0 Å². The van der Waals surface area contributed by atoms with Gasteiger partial charge in [-0.2, -0.15) is 0 Å². The van der Waals surface area contributed by atoms with Gasteiger partial charge in [0, 0.05) is 16.1 Å². The second-order valence-corrected chi connectivity index (χ2v) is 5.99. The van der Waals surface area contributed by atoms with E-state index in [1.54, 1.807) is 48.5 Å². The van der Waals surface area contributed by atoms with Gasteiger partial charge >= 0.3 is 6.03 Å². The number of hydrogen-bond donors (Lipinski definition) is 2. The van der Waals surface area contributed by atoms with E-state index in [0.717, 1.165) is 4.90 Å². The van der Waals surface area contributed by atoms with Gasteiger partial charge < -0.3 is 10.8 Å². The maximum Gasteiger partial charge on any atom is 0.324 e. The number of hydrogen-bond acceptors (Lipinski definition) is 3. The number of phenolic OH excluding ortho intramolecular Hbond substituents is 1. The van der Waals surface area contributed by atoms with Crippen LogP contribution in [-0.4, -0.2) is 16.9 Å². The van der Waals surface area contributed by atoms with E-state index in [1.165, 1.54) is 18.2 Å². The summed E-state index contributed by atoms with van der Waals surface area (Å²) in [7, 11) is 0. The first kappa shape index (κ1) is 17.5. The van der Waals surface area contributed by atoms with E-state index in [-0.39, 0.29) is 17.2 Å². The van der Waals surface area contributed by atoms with Crippen LogP contribution in [0.15, 0.2) is 72.8 Å². The third-order valence-electron chi connectivity index (χ3n) is 3.80.